The Labute approximate surface area is 164 Å². The molecule has 2 aromatic carbocycles. The van der Waals surface area contributed by atoms with Gasteiger partial charge in [-0.3, -0.25) is 10.2 Å². The van der Waals surface area contributed by atoms with Crippen molar-refractivity contribution in [2.45, 2.75) is 0 Å². The number of halogens is 1. The molecule has 0 amide bonds. The van der Waals surface area contributed by atoms with E-state index in [-0.39, 0.29) is 40.6 Å². The van der Waals surface area contributed by atoms with Gasteiger partial charge in [0.25, 0.3) is 5.56 Å². The highest BCUT2D eigenvalue weighted by molar-refractivity contribution is 6.30. The second kappa shape index (κ2) is 6.93. The fraction of sp³-hybridized carbons (Fsp3) is 0.150. The molecular formula is C20H17FN4O4. The van der Waals surface area contributed by atoms with Gasteiger partial charge >= 0.3 is 0 Å². The fourth-order valence-corrected chi connectivity index (χ4v) is 3.29. The van der Waals surface area contributed by atoms with Crippen molar-refractivity contribution in [3.8, 4) is 11.5 Å². The average molecular weight is 396 g/mol. The number of benzene rings is 2. The topological polar surface area (TPSA) is 112 Å². The molecule has 0 fully saturated rings. The molecule has 0 saturated heterocycles. The van der Waals surface area contributed by atoms with E-state index in [0.29, 0.717) is 17.0 Å². The zero-order chi connectivity index (χ0) is 20.7. The van der Waals surface area contributed by atoms with Gasteiger partial charge in [0.2, 0.25) is 0 Å². The number of fused-ring (bicyclic) bond motifs is 1. The Bertz CT molecular complexity index is 1230. The van der Waals surface area contributed by atoms with Crippen LogP contribution in [-0.2, 0) is 0 Å². The zero-order valence-corrected chi connectivity index (χ0v) is 15.6. The van der Waals surface area contributed by atoms with Crippen LogP contribution in [0.1, 0.15) is 5.82 Å². The van der Waals surface area contributed by atoms with Gasteiger partial charge in [0.1, 0.15) is 23.2 Å². The van der Waals surface area contributed by atoms with Crippen LogP contribution < -0.4 is 19.9 Å². The van der Waals surface area contributed by atoms with Crippen LogP contribution in [0.15, 0.2) is 47.0 Å². The molecule has 4 rings (SSSR count). The van der Waals surface area contributed by atoms with Crippen molar-refractivity contribution in [2.75, 3.05) is 25.7 Å². The number of ether oxygens (including phenoxy) is 2. The van der Waals surface area contributed by atoms with Gasteiger partial charge in [-0.05, 0) is 18.2 Å². The Hall–Kier alpha value is -3.88. The van der Waals surface area contributed by atoms with Crippen LogP contribution >= 0.6 is 0 Å². The van der Waals surface area contributed by atoms with Crippen LogP contribution in [0, 0.1) is 11.2 Å². The maximum absolute atomic E-state index is 14.2. The molecule has 0 atom stereocenters. The first-order valence-electron chi connectivity index (χ1n) is 8.64. The third-order valence-electron chi connectivity index (χ3n) is 4.69. The lowest BCUT2D eigenvalue weighted by Crippen LogP contribution is -2.27. The highest BCUT2D eigenvalue weighted by Gasteiger charge is 2.32. The van der Waals surface area contributed by atoms with E-state index in [4.69, 9.17) is 14.9 Å². The molecule has 0 saturated carbocycles. The number of aromatic amines is 1. The smallest absolute Gasteiger partial charge is 0.259 e. The SMILES string of the molecule is COc1cc2nc(C3=C(O)CN(c4ccccc4F)C3=N)[nH]c(=O)c2cc1OC. The summed E-state index contributed by atoms with van der Waals surface area (Å²) in [5.74, 6) is -0.117. The number of anilines is 1. The number of nitrogens with zero attached hydrogens (tertiary/aromatic N) is 2. The van der Waals surface area contributed by atoms with Crippen LogP contribution in [0.2, 0.25) is 0 Å². The fourth-order valence-electron chi connectivity index (χ4n) is 3.29. The Morgan fingerprint density at radius 3 is 2.59 bits per heavy atom. The molecule has 2 heterocycles. The zero-order valence-electron chi connectivity index (χ0n) is 15.6. The number of amidine groups is 1. The summed E-state index contributed by atoms with van der Waals surface area (Å²) in [6.07, 6.45) is 0. The second-order valence-electron chi connectivity index (χ2n) is 6.35. The van der Waals surface area contributed by atoms with E-state index in [1.165, 1.54) is 49.5 Å². The Morgan fingerprint density at radius 1 is 1.21 bits per heavy atom. The van der Waals surface area contributed by atoms with E-state index in [1.807, 2.05) is 0 Å². The van der Waals surface area contributed by atoms with E-state index >= 15 is 0 Å². The normalized spacial score (nSPS) is 14.0. The van der Waals surface area contributed by atoms with Gasteiger partial charge in [-0.2, -0.15) is 0 Å². The van der Waals surface area contributed by atoms with E-state index < -0.39 is 11.4 Å². The van der Waals surface area contributed by atoms with Gasteiger partial charge in [0.15, 0.2) is 11.5 Å². The van der Waals surface area contributed by atoms with Gasteiger partial charge in [-0.1, -0.05) is 12.1 Å². The van der Waals surface area contributed by atoms with Crippen LogP contribution in [0.5, 0.6) is 11.5 Å². The van der Waals surface area contributed by atoms with E-state index in [1.54, 1.807) is 6.07 Å². The number of hydrogen-bond acceptors (Lipinski definition) is 6. The van der Waals surface area contributed by atoms with Crippen molar-refractivity contribution < 1.29 is 19.0 Å². The molecule has 0 aliphatic carbocycles. The predicted molar refractivity (Wildman–Crippen MR) is 106 cm³/mol. The van der Waals surface area contributed by atoms with Gasteiger partial charge in [-0.15, -0.1) is 0 Å². The average Bonchev–Trinajstić information content (AvgIpc) is 3.01. The summed E-state index contributed by atoms with van der Waals surface area (Å²) in [5.41, 5.74) is 0.0119. The molecule has 9 heteroatoms. The lowest BCUT2D eigenvalue weighted by atomic mass is 10.1. The highest BCUT2D eigenvalue weighted by Crippen LogP contribution is 2.33. The molecule has 8 nitrogen and oxygen atoms in total. The standard InChI is InChI=1S/C20H17FN4O4/c1-28-15-7-10-12(8-16(15)29-2)23-19(24-20(10)27)17-14(26)9-25(18(17)22)13-6-4-3-5-11(13)21/h3-8,22,26H,9H2,1-2H3,(H,23,24,27). The van der Waals surface area contributed by atoms with E-state index in [2.05, 4.69) is 9.97 Å². The minimum Gasteiger partial charge on any atom is -0.509 e. The molecule has 29 heavy (non-hydrogen) atoms. The van der Waals surface area contributed by atoms with Crippen LogP contribution in [0.4, 0.5) is 10.1 Å². The molecular weight excluding hydrogens is 379 g/mol. The minimum absolute atomic E-state index is 0.0102. The first-order chi connectivity index (χ1) is 13.9. The van der Waals surface area contributed by atoms with Crippen molar-refractivity contribution in [3.63, 3.8) is 0 Å². The lowest BCUT2D eigenvalue weighted by molar-refractivity contribution is 0.355. The largest absolute Gasteiger partial charge is 0.509 e. The van der Waals surface area contributed by atoms with Gasteiger partial charge in [0.05, 0.1) is 42.9 Å². The van der Waals surface area contributed by atoms with E-state index in [0.717, 1.165) is 0 Å². The molecule has 0 unspecified atom stereocenters. The number of H-pyrrole nitrogens is 1. The monoisotopic (exact) mass is 396 g/mol. The lowest BCUT2D eigenvalue weighted by Gasteiger charge is -2.19. The van der Waals surface area contributed by atoms with Gasteiger partial charge < -0.3 is 24.5 Å². The Kier molecular flexibility index (Phi) is 4.42. The maximum Gasteiger partial charge on any atom is 0.259 e. The molecule has 3 N–H and O–H groups in total. The van der Waals surface area contributed by atoms with Crippen molar-refractivity contribution in [2.24, 2.45) is 0 Å². The number of aliphatic hydroxyl groups excluding tert-OH is 1. The minimum atomic E-state index is -0.525. The molecule has 1 aliphatic rings. The molecule has 0 spiro atoms. The molecule has 1 aliphatic heterocycles. The number of hydrogen-bond donors (Lipinski definition) is 3. The van der Waals surface area contributed by atoms with Crippen molar-refractivity contribution in [1.82, 2.24) is 9.97 Å². The Balaban J connectivity index is 1.82. The quantitative estimate of drug-likeness (QED) is 0.625. The van der Waals surface area contributed by atoms with Crippen molar-refractivity contribution in [1.29, 1.82) is 5.41 Å². The van der Waals surface area contributed by atoms with Gasteiger partial charge in [0, 0.05) is 6.07 Å². The Morgan fingerprint density at radius 2 is 1.90 bits per heavy atom. The summed E-state index contributed by atoms with van der Waals surface area (Å²) in [6.45, 7) is -0.108. The highest BCUT2D eigenvalue weighted by atomic mass is 19.1. The van der Waals surface area contributed by atoms with Crippen molar-refractivity contribution >= 4 is 28.0 Å². The molecule has 0 radical (unpaired) electrons. The van der Waals surface area contributed by atoms with Crippen LogP contribution in [0.25, 0.3) is 16.5 Å². The number of aliphatic hydroxyl groups is 1. The summed E-state index contributed by atoms with van der Waals surface area (Å²) in [4.78, 5) is 20.9. The number of nitrogens with one attached hydrogen (secondary N) is 2. The summed E-state index contributed by atoms with van der Waals surface area (Å²) < 4.78 is 24.6. The van der Waals surface area contributed by atoms with Crippen LogP contribution in [-0.4, -0.2) is 41.7 Å². The summed E-state index contributed by atoms with van der Waals surface area (Å²) in [6, 6.07) is 9.00. The van der Waals surface area contributed by atoms with Crippen LogP contribution in [0.3, 0.4) is 0 Å². The number of methoxy groups -OCH3 is 2. The number of para-hydroxylation sites is 1. The third kappa shape index (κ3) is 2.96. The van der Waals surface area contributed by atoms with Crippen molar-refractivity contribution in [3.05, 3.63) is 64.2 Å². The summed E-state index contributed by atoms with van der Waals surface area (Å²) in [5, 5.41) is 19.1. The summed E-state index contributed by atoms with van der Waals surface area (Å²) >= 11 is 0. The molecule has 1 aromatic heterocycles. The number of rotatable bonds is 4. The molecule has 0 bridgehead atoms. The predicted octanol–water partition coefficient (Wildman–Crippen LogP) is 2.85. The molecule has 3 aromatic rings. The maximum atomic E-state index is 14.2. The first kappa shape index (κ1) is 18.5. The summed E-state index contributed by atoms with van der Waals surface area (Å²) in [7, 11) is 2.92. The van der Waals surface area contributed by atoms with E-state index in [9.17, 15) is 14.3 Å². The van der Waals surface area contributed by atoms with Gasteiger partial charge in [-0.25, -0.2) is 9.37 Å². The third-order valence-corrected chi connectivity index (χ3v) is 4.69. The number of aromatic nitrogens is 2. The second-order valence-corrected chi connectivity index (χ2v) is 6.35. The molecule has 148 valence electrons. The first-order valence-corrected chi connectivity index (χ1v) is 8.64.